The van der Waals surface area contributed by atoms with Crippen LogP contribution in [0.3, 0.4) is 0 Å². The highest BCUT2D eigenvalue weighted by Crippen LogP contribution is 2.13. The van der Waals surface area contributed by atoms with Gasteiger partial charge in [0.05, 0.1) is 6.26 Å². The van der Waals surface area contributed by atoms with Crippen LogP contribution < -0.4 is 0 Å². The fourth-order valence-corrected chi connectivity index (χ4v) is 3.38. The number of nitrogens with zero attached hydrogens (tertiary/aromatic N) is 3. The van der Waals surface area contributed by atoms with Gasteiger partial charge in [-0.15, -0.1) is 0 Å². The van der Waals surface area contributed by atoms with Gasteiger partial charge >= 0.3 is 0 Å². The van der Waals surface area contributed by atoms with Crippen molar-refractivity contribution in [1.29, 1.82) is 0 Å². The molecule has 0 atom stereocenters. The maximum absolute atomic E-state index is 12.4. The Hall–Kier alpha value is -2.31. The van der Waals surface area contributed by atoms with E-state index in [4.69, 9.17) is 4.42 Å². The summed E-state index contributed by atoms with van der Waals surface area (Å²) < 4.78 is 5.14. The molecular formula is C18H25N3O4. The highest BCUT2D eigenvalue weighted by atomic mass is 16.3. The van der Waals surface area contributed by atoms with E-state index in [-0.39, 0.29) is 17.7 Å². The summed E-state index contributed by atoms with van der Waals surface area (Å²) in [4.78, 5) is 41.9. The Labute approximate surface area is 147 Å². The molecule has 2 aliphatic rings. The Kier molecular flexibility index (Phi) is 5.73. The molecule has 0 radical (unpaired) electrons. The lowest BCUT2D eigenvalue weighted by Crippen LogP contribution is -2.51. The zero-order valence-corrected chi connectivity index (χ0v) is 14.5. The van der Waals surface area contributed by atoms with Gasteiger partial charge in [0.1, 0.15) is 0 Å². The quantitative estimate of drug-likeness (QED) is 0.824. The van der Waals surface area contributed by atoms with Gasteiger partial charge in [-0.25, -0.2) is 0 Å². The monoisotopic (exact) mass is 347 g/mol. The number of hydrogen-bond donors (Lipinski definition) is 0. The van der Waals surface area contributed by atoms with Crippen molar-refractivity contribution >= 4 is 17.7 Å². The first-order chi connectivity index (χ1) is 12.1. The summed E-state index contributed by atoms with van der Waals surface area (Å²) in [5, 5.41) is 0. The van der Waals surface area contributed by atoms with Crippen molar-refractivity contribution in [3.8, 4) is 0 Å². The molecule has 0 aliphatic carbocycles. The molecule has 0 bridgehead atoms. The van der Waals surface area contributed by atoms with E-state index in [0.29, 0.717) is 51.3 Å². The third-order valence-corrected chi connectivity index (χ3v) is 4.92. The summed E-state index contributed by atoms with van der Waals surface area (Å²) in [6, 6.07) is 3.34. The van der Waals surface area contributed by atoms with Crippen LogP contribution in [0.4, 0.5) is 0 Å². The van der Waals surface area contributed by atoms with Gasteiger partial charge in [0.25, 0.3) is 5.91 Å². The molecule has 0 N–H and O–H groups in total. The van der Waals surface area contributed by atoms with E-state index < -0.39 is 0 Å². The number of carbonyl (C=O) groups excluding carboxylic acids is 3. The number of hydrogen-bond acceptors (Lipinski definition) is 4. The van der Waals surface area contributed by atoms with Crippen LogP contribution in [-0.2, 0) is 9.59 Å². The predicted molar refractivity (Wildman–Crippen MR) is 90.9 cm³/mol. The third-order valence-electron chi connectivity index (χ3n) is 4.92. The number of furan rings is 1. The van der Waals surface area contributed by atoms with Crippen LogP contribution in [0, 0.1) is 0 Å². The number of likely N-dealkylation sites (tertiary alicyclic amines) is 1. The lowest BCUT2D eigenvalue weighted by molar-refractivity contribution is -0.135. The lowest BCUT2D eigenvalue weighted by Gasteiger charge is -2.34. The van der Waals surface area contributed by atoms with Crippen LogP contribution in [-0.4, -0.2) is 71.7 Å². The number of rotatable bonds is 4. The topological polar surface area (TPSA) is 74.1 Å². The Bertz CT molecular complexity index is 606. The van der Waals surface area contributed by atoms with E-state index in [1.54, 1.807) is 21.9 Å². The minimum absolute atomic E-state index is 0.0575. The molecule has 1 aromatic heterocycles. The van der Waals surface area contributed by atoms with Crippen molar-refractivity contribution in [2.24, 2.45) is 0 Å². The van der Waals surface area contributed by atoms with Crippen LogP contribution in [0.5, 0.6) is 0 Å². The van der Waals surface area contributed by atoms with Crippen LogP contribution in [0.2, 0.25) is 0 Å². The van der Waals surface area contributed by atoms with E-state index >= 15 is 0 Å². The van der Waals surface area contributed by atoms with Gasteiger partial charge in [-0.3, -0.25) is 14.4 Å². The SMILES string of the molecule is O=C1CCCCCN1CCC(=O)N1CCN(C(=O)c2ccco2)CC1. The summed E-state index contributed by atoms with van der Waals surface area (Å²) in [7, 11) is 0. The molecule has 0 aromatic carbocycles. The molecule has 7 nitrogen and oxygen atoms in total. The van der Waals surface area contributed by atoms with Crippen LogP contribution in [0.1, 0.15) is 42.7 Å². The Balaban J connectivity index is 1.43. The lowest BCUT2D eigenvalue weighted by atomic mass is 10.2. The van der Waals surface area contributed by atoms with Crippen molar-refractivity contribution in [3.63, 3.8) is 0 Å². The van der Waals surface area contributed by atoms with Gasteiger partial charge in [0, 0.05) is 52.1 Å². The van der Waals surface area contributed by atoms with Gasteiger partial charge < -0.3 is 19.1 Å². The Morgan fingerprint density at radius 1 is 1.00 bits per heavy atom. The van der Waals surface area contributed by atoms with E-state index in [0.717, 1.165) is 25.8 Å². The smallest absolute Gasteiger partial charge is 0.289 e. The summed E-state index contributed by atoms with van der Waals surface area (Å²) >= 11 is 0. The fraction of sp³-hybridized carbons (Fsp3) is 0.611. The zero-order valence-electron chi connectivity index (χ0n) is 14.5. The molecule has 0 unspecified atom stereocenters. The summed E-state index contributed by atoms with van der Waals surface area (Å²) in [5.74, 6) is 0.424. The Morgan fingerprint density at radius 2 is 1.76 bits per heavy atom. The molecular weight excluding hydrogens is 322 g/mol. The van der Waals surface area contributed by atoms with Crippen molar-refractivity contribution in [2.45, 2.75) is 32.1 Å². The molecule has 136 valence electrons. The first-order valence-corrected chi connectivity index (χ1v) is 9.03. The molecule has 0 spiro atoms. The molecule has 2 saturated heterocycles. The first-order valence-electron chi connectivity index (χ1n) is 9.03. The second-order valence-electron chi connectivity index (χ2n) is 6.59. The van der Waals surface area contributed by atoms with Crippen LogP contribution in [0.15, 0.2) is 22.8 Å². The molecule has 3 rings (SSSR count). The van der Waals surface area contributed by atoms with E-state index in [1.807, 2.05) is 4.90 Å². The molecule has 7 heteroatoms. The van der Waals surface area contributed by atoms with Gasteiger partial charge in [0.2, 0.25) is 11.8 Å². The van der Waals surface area contributed by atoms with Crippen molar-refractivity contribution in [1.82, 2.24) is 14.7 Å². The number of amides is 3. The van der Waals surface area contributed by atoms with Crippen LogP contribution in [0.25, 0.3) is 0 Å². The highest BCUT2D eigenvalue weighted by Gasteiger charge is 2.26. The first kappa shape index (κ1) is 17.5. The average Bonchev–Trinajstić information content (AvgIpc) is 3.10. The normalized spacial score (nSPS) is 19.0. The second kappa shape index (κ2) is 8.18. The maximum Gasteiger partial charge on any atom is 0.289 e. The molecule has 3 amide bonds. The van der Waals surface area contributed by atoms with E-state index in [9.17, 15) is 14.4 Å². The summed E-state index contributed by atoms with van der Waals surface area (Å²) in [6.45, 7) is 3.33. The van der Waals surface area contributed by atoms with Crippen molar-refractivity contribution in [2.75, 3.05) is 39.3 Å². The molecule has 1 aromatic rings. The Morgan fingerprint density at radius 3 is 2.48 bits per heavy atom. The molecule has 0 saturated carbocycles. The molecule has 2 fully saturated rings. The summed E-state index contributed by atoms with van der Waals surface area (Å²) in [6.07, 6.45) is 5.50. The fourth-order valence-electron chi connectivity index (χ4n) is 3.38. The van der Waals surface area contributed by atoms with E-state index in [2.05, 4.69) is 0 Å². The highest BCUT2D eigenvalue weighted by molar-refractivity contribution is 5.91. The minimum atomic E-state index is -0.132. The predicted octanol–water partition coefficient (Wildman–Crippen LogP) is 1.36. The van der Waals surface area contributed by atoms with Gasteiger partial charge in [0.15, 0.2) is 5.76 Å². The zero-order chi connectivity index (χ0) is 17.6. The maximum atomic E-state index is 12.4. The van der Waals surface area contributed by atoms with Gasteiger partial charge in [-0.05, 0) is 25.0 Å². The largest absolute Gasteiger partial charge is 0.459 e. The van der Waals surface area contributed by atoms with E-state index in [1.165, 1.54) is 6.26 Å². The average molecular weight is 347 g/mol. The molecule has 2 aliphatic heterocycles. The molecule has 25 heavy (non-hydrogen) atoms. The minimum Gasteiger partial charge on any atom is -0.459 e. The third kappa shape index (κ3) is 4.41. The summed E-state index contributed by atoms with van der Waals surface area (Å²) in [5.41, 5.74) is 0. The standard InChI is InChI=1S/C18H25N3O4/c22-16-6-2-1-3-8-19(16)9-7-17(23)20-10-12-21(13-11-20)18(24)15-5-4-14-25-15/h4-5,14H,1-3,6-13H2. The van der Waals surface area contributed by atoms with Gasteiger partial charge in [-0.2, -0.15) is 0 Å². The van der Waals surface area contributed by atoms with Crippen molar-refractivity contribution < 1.29 is 18.8 Å². The van der Waals surface area contributed by atoms with Crippen LogP contribution >= 0.6 is 0 Å². The second-order valence-corrected chi connectivity index (χ2v) is 6.59. The number of carbonyl (C=O) groups is 3. The van der Waals surface area contributed by atoms with Crippen molar-refractivity contribution in [3.05, 3.63) is 24.2 Å². The van der Waals surface area contributed by atoms with Gasteiger partial charge in [-0.1, -0.05) is 6.42 Å². The molecule has 3 heterocycles. The number of piperazine rings is 1.